The minimum atomic E-state index is -0.0352. The van der Waals surface area contributed by atoms with Crippen molar-refractivity contribution in [3.63, 3.8) is 0 Å². The van der Waals surface area contributed by atoms with Crippen LogP contribution in [0.5, 0.6) is 0 Å². The molecule has 0 aliphatic carbocycles. The molecule has 3 rings (SSSR count). The largest absolute Gasteiger partial charge is 0.371 e. The third-order valence-electron chi connectivity index (χ3n) is 5.11. The highest BCUT2D eigenvalue weighted by atomic mass is 16.5. The molecule has 0 aromatic heterocycles. The van der Waals surface area contributed by atoms with E-state index in [1.807, 2.05) is 0 Å². The Bertz CT molecular complexity index is 627. The van der Waals surface area contributed by atoms with E-state index in [2.05, 4.69) is 43.9 Å². The van der Waals surface area contributed by atoms with Gasteiger partial charge in [-0.2, -0.15) is 0 Å². The van der Waals surface area contributed by atoms with Crippen LogP contribution < -0.4 is 0 Å². The van der Waals surface area contributed by atoms with Crippen molar-refractivity contribution in [3.05, 3.63) is 34.9 Å². The summed E-state index contributed by atoms with van der Waals surface area (Å²) in [6, 6.07) is 6.74. The Hall–Kier alpha value is -1.72. The second-order valence-electron chi connectivity index (χ2n) is 6.97. The van der Waals surface area contributed by atoms with E-state index in [1.165, 1.54) is 21.6 Å². The summed E-state index contributed by atoms with van der Waals surface area (Å²) in [4.78, 5) is 27.3. The first-order chi connectivity index (χ1) is 11.5. The molecule has 5 nitrogen and oxygen atoms in total. The molecule has 0 spiro atoms. The number of morpholine rings is 1. The lowest BCUT2D eigenvalue weighted by Gasteiger charge is -2.39. The summed E-state index contributed by atoms with van der Waals surface area (Å²) in [5.41, 5.74) is 3.71. The van der Waals surface area contributed by atoms with Crippen molar-refractivity contribution in [2.75, 3.05) is 26.2 Å². The Kier molecular flexibility index (Phi) is 5.01. The first kappa shape index (κ1) is 17.1. The van der Waals surface area contributed by atoms with E-state index >= 15 is 0 Å². The smallest absolute Gasteiger partial charge is 0.229 e. The Morgan fingerprint density at radius 1 is 1.12 bits per heavy atom. The number of benzene rings is 1. The molecule has 1 aromatic carbocycles. The lowest BCUT2D eigenvalue weighted by atomic mass is 9.99. The molecule has 2 atom stereocenters. The normalized spacial score (nSPS) is 25.5. The lowest BCUT2D eigenvalue weighted by Crippen LogP contribution is -2.48. The van der Waals surface area contributed by atoms with Crippen molar-refractivity contribution in [2.45, 2.75) is 45.8 Å². The zero-order valence-corrected chi connectivity index (χ0v) is 14.7. The predicted molar refractivity (Wildman–Crippen MR) is 91.6 cm³/mol. The van der Waals surface area contributed by atoms with Crippen molar-refractivity contribution in [1.82, 2.24) is 9.80 Å². The molecule has 2 fully saturated rings. The van der Waals surface area contributed by atoms with Gasteiger partial charge in [0.2, 0.25) is 11.8 Å². The molecule has 2 saturated heterocycles. The number of hydrogen-bond donors (Lipinski definition) is 0. The van der Waals surface area contributed by atoms with Crippen LogP contribution in [-0.4, -0.2) is 53.9 Å². The van der Waals surface area contributed by atoms with E-state index < -0.39 is 0 Å². The molecule has 0 N–H and O–H groups in total. The minimum absolute atomic E-state index is 0.0352. The molecular formula is C19H26N2O3. The van der Waals surface area contributed by atoms with Crippen LogP contribution in [0.4, 0.5) is 0 Å². The average Bonchev–Trinajstić information content (AvgIpc) is 2.88. The molecule has 2 aliphatic rings. The number of carbonyl (C=O) groups is 2. The van der Waals surface area contributed by atoms with Gasteiger partial charge in [0.15, 0.2) is 0 Å². The number of imide groups is 1. The number of amides is 2. The van der Waals surface area contributed by atoms with Gasteiger partial charge in [-0.05, 0) is 31.9 Å². The minimum Gasteiger partial charge on any atom is -0.371 e. The molecule has 0 bridgehead atoms. The summed E-state index contributed by atoms with van der Waals surface area (Å²) < 4.78 is 6.07. The first-order valence-electron chi connectivity index (χ1n) is 8.71. The van der Waals surface area contributed by atoms with Gasteiger partial charge >= 0.3 is 0 Å². The topological polar surface area (TPSA) is 49.9 Å². The van der Waals surface area contributed by atoms with Crippen LogP contribution in [0.3, 0.4) is 0 Å². The summed E-state index contributed by atoms with van der Waals surface area (Å²) in [6.45, 7) is 9.00. The highest BCUT2D eigenvalue weighted by molar-refractivity contribution is 6.01. The molecule has 0 radical (unpaired) electrons. The monoisotopic (exact) mass is 330 g/mol. The molecule has 2 heterocycles. The van der Waals surface area contributed by atoms with Gasteiger partial charge < -0.3 is 4.74 Å². The molecule has 2 aliphatic heterocycles. The van der Waals surface area contributed by atoms with Gasteiger partial charge in [0.1, 0.15) is 0 Å². The molecular weight excluding hydrogens is 304 g/mol. The van der Waals surface area contributed by atoms with E-state index in [4.69, 9.17) is 4.74 Å². The third-order valence-corrected chi connectivity index (χ3v) is 5.11. The fourth-order valence-corrected chi connectivity index (χ4v) is 3.51. The van der Waals surface area contributed by atoms with Gasteiger partial charge in [0, 0.05) is 38.5 Å². The molecule has 1 aromatic rings. The Morgan fingerprint density at radius 3 is 2.54 bits per heavy atom. The van der Waals surface area contributed by atoms with Crippen molar-refractivity contribution >= 4 is 11.8 Å². The van der Waals surface area contributed by atoms with Gasteiger partial charge in [0.05, 0.1) is 12.7 Å². The molecule has 2 unspecified atom stereocenters. The zero-order valence-electron chi connectivity index (χ0n) is 14.7. The number of hydrogen-bond acceptors (Lipinski definition) is 4. The SMILES string of the molecule is Cc1ccc(C)c(C2CN(CCN3C(=O)CCC3=O)C(C)CO2)c1. The number of carbonyl (C=O) groups excluding carboxylic acids is 2. The summed E-state index contributed by atoms with van der Waals surface area (Å²) in [5.74, 6) is -0.0704. The van der Waals surface area contributed by atoms with Crippen molar-refractivity contribution in [3.8, 4) is 0 Å². The Morgan fingerprint density at radius 2 is 1.83 bits per heavy atom. The van der Waals surface area contributed by atoms with Gasteiger partial charge in [-0.15, -0.1) is 0 Å². The fourth-order valence-electron chi connectivity index (χ4n) is 3.51. The average molecular weight is 330 g/mol. The first-order valence-corrected chi connectivity index (χ1v) is 8.71. The molecule has 0 saturated carbocycles. The predicted octanol–water partition coefficient (Wildman–Crippen LogP) is 2.21. The second kappa shape index (κ2) is 7.03. The number of nitrogens with zero attached hydrogens (tertiary/aromatic N) is 2. The van der Waals surface area contributed by atoms with Crippen LogP contribution in [-0.2, 0) is 14.3 Å². The second-order valence-corrected chi connectivity index (χ2v) is 6.97. The summed E-state index contributed by atoms with van der Waals surface area (Å²) in [6.07, 6.45) is 0.775. The van der Waals surface area contributed by atoms with Crippen LogP contribution in [0.15, 0.2) is 18.2 Å². The molecule has 2 amide bonds. The van der Waals surface area contributed by atoms with Crippen LogP contribution in [0.1, 0.15) is 42.6 Å². The van der Waals surface area contributed by atoms with Crippen molar-refractivity contribution < 1.29 is 14.3 Å². The summed E-state index contributed by atoms with van der Waals surface area (Å²) in [5, 5.41) is 0. The van der Waals surface area contributed by atoms with Crippen LogP contribution in [0.25, 0.3) is 0 Å². The lowest BCUT2D eigenvalue weighted by molar-refractivity contribution is -0.139. The van der Waals surface area contributed by atoms with Gasteiger partial charge in [-0.25, -0.2) is 0 Å². The van der Waals surface area contributed by atoms with E-state index in [0.29, 0.717) is 38.6 Å². The maximum Gasteiger partial charge on any atom is 0.229 e. The third kappa shape index (κ3) is 3.52. The van der Waals surface area contributed by atoms with E-state index in [9.17, 15) is 9.59 Å². The number of likely N-dealkylation sites (tertiary alicyclic amines) is 1. The maximum atomic E-state index is 11.8. The van der Waals surface area contributed by atoms with Crippen LogP contribution >= 0.6 is 0 Å². The quantitative estimate of drug-likeness (QED) is 0.794. The van der Waals surface area contributed by atoms with E-state index in [1.54, 1.807) is 0 Å². The summed E-state index contributed by atoms with van der Waals surface area (Å²) >= 11 is 0. The van der Waals surface area contributed by atoms with Gasteiger partial charge in [-0.3, -0.25) is 19.4 Å². The summed E-state index contributed by atoms with van der Waals surface area (Å²) in [7, 11) is 0. The molecule has 130 valence electrons. The Balaban J connectivity index is 1.66. The number of aryl methyl sites for hydroxylation is 2. The highest BCUT2D eigenvalue weighted by Gasteiger charge is 2.32. The van der Waals surface area contributed by atoms with E-state index in [0.717, 1.165) is 6.54 Å². The van der Waals surface area contributed by atoms with Crippen molar-refractivity contribution in [2.24, 2.45) is 0 Å². The van der Waals surface area contributed by atoms with E-state index in [-0.39, 0.29) is 17.9 Å². The number of ether oxygens (including phenoxy) is 1. The standard InChI is InChI=1S/C19H26N2O3/c1-13-4-5-14(2)16(10-13)17-11-20(15(3)12-24-17)8-9-21-18(22)6-7-19(21)23/h4-5,10,15,17H,6-9,11-12H2,1-3H3. The van der Waals surface area contributed by atoms with Gasteiger partial charge in [0.25, 0.3) is 0 Å². The van der Waals surface area contributed by atoms with Crippen molar-refractivity contribution in [1.29, 1.82) is 0 Å². The van der Waals surface area contributed by atoms with Gasteiger partial charge in [-0.1, -0.05) is 23.8 Å². The molecule has 5 heteroatoms. The number of rotatable bonds is 4. The fraction of sp³-hybridized carbons (Fsp3) is 0.579. The van der Waals surface area contributed by atoms with Crippen LogP contribution in [0, 0.1) is 13.8 Å². The van der Waals surface area contributed by atoms with Crippen LogP contribution in [0.2, 0.25) is 0 Å². The zero-order chi connectivity index (χ0) is 17.3. The highest BCUT2D eigenvalue weighted by Crippen LogP contribution is 2.28. The molecule has 24 heavy (non-hydrogen) atoms. The Labute approximate surface area is 143 Å². The maximum absolute atomic E-state index is 11.8.